The van der Waals surface area contributed by atoms with Crippen molar-refractivity contribution in [2.75, 3.05) is 18.2 Å². The average molecular weight is 734 g/mol. The van der Waals surface area contributed by atoms with Gasteiger partial charge in [-0.2, -0.15) is 0 Å². The summed E-state index contributed by atoms with van der Waals surface area (Å²) in [4.78, 5) is 50.2. The van der Waals surface area contributed by atoms with Crippen LogP contribution in [-0.2, 0) is 27.1 Å². The second kappa shape index (κ2) is 18.7. The minimum absolute atomic E-state index is 0.0802. The maximum absolute atomic E-state index is 13.2. The summed E-state index contributed by atoms with van der Waals surface area (Å²) in [5, 5.41) is 3.67. The highest BCUT2D eigenvalue weighted by atomic mass is 79.9. The summed E-state index contributed by atoms with van der Waals surface area (Å²) in [6.45, 7) is 2.69. The lowest BCUT2D eigenvalue weighted by Gasteiger charge is -2.09. The first-order valence-electron chi connectivity index (χ1n) is 17.2. The maximum atomic E-state index is 13.2. The number of aromatic nitrogens is 2. The van der Waals surface area contributed by atoms with Crippen molar-refractivity contribution in [3.63, 3.8) is 0 Å². The Morgan fingerprint density at radius 2 is 1.60 bits per heavy atom. The van der Waals surface area contributed by atoms with Crippen molar-refractivity contribution in [1.29, 1.82) is 0 Å². The van der Waals surface area contributed by atoms with Crippen LogP contribution >= 0.6 is 23.5 Å². The quantitative estimate of drug-likeness (QED) is 0.0411. The van der Waals surface area contributed by atoms with Gasteiger partial charge in [-0.05, 0) is 64.7 Å². The van der Waals surface area contributed by atoms with Crippen LogP contribution in [0.3, 0.4) is 0 Å². The first-order chi connectivity index (χ1) is 22.6. The summed E-state index contributed by atoms with van der Waals surface area (Å²) >= 11 is 3.29. The molecule has 3 N–H and O–H groups in total. The number of aryl methyl sites for hydroxylation is 1. The van der Waals surface area contributed by atoms with E-state index >= 15 is 0 Å². The standard InChI is InChI=1S/C35H50BrN4O6P/c1-2-3-4-5-6-7-8-9-10-11-12-13-14-15-17-27-23-39(30-21-20-28(22-29(27)30)46-26-47(43,44)45)25-34(41)40-24-31(40)35(42)38-33-19-16-18-32(36)37-33/h16,18-23,31H,2-15,17,24-26H2,1H3,(H,37,38,42)(H2,43,44,45). The topological polar surface area (TPSA) is 134 Å². The fourth-order valence-corrected chi connectivity index (χ4v) is 6.66. The molecule has 4 rings (SSSR count). The molecular weight excluding hydrogens is 683 g/mol. The van der Waals surface area contributed by atoms with Crippen LogP contribution in [0.1, 0.15) is 102 Å². The molecule has 3 aromatic rings. The van der Waals surface area contributed by atoms with Crippen LogP contribution in [-0.4, -0.2) is 55.0 Å². The second-order valence-corrected chi connectivity index (χ2v) is 15.0. The van der Waals surface area contributed by atoms with E-state index in [4.69, 9.17) is 4.74 Å². The van der Waals surface area contributed by atoms with Gasteiger partial charge in [0.2, 0.25) is 11.8 Å². The number of ether oxygens (including phenoxy) is 1. The van der Waals surface area contributed by atoms with Gasteiger partial charge in [0.1, 0.15) is 28.8 Å². The van der Waals surface area contributed by atoms with Gasteiger partial charge >= 0.3 is 7.60 Å². The number of nitrogens with zero attached hydrogens (tertiary/aromatic N) is 3. The highest BCUT2D eigenvalue weighted by molar-refractivity contribution is 9.10. The van der Waals surface area contributed by atoms with Gasteiger partial charge in [0.15, 0.2) is 6.35 Å². The molecule has 3 heterocycles. The largest absolute Gasteiger partial charge is 0.481 e. The van der Waals surface area contributed by atoms with Gasteiger partial charge in [0.05, 0.1) is 6.54 Å². The Kier molecular flexibility index (Phi) is 14.8. The highest BCUT2D eigenvalue weighted by Gasteiger charge is 2.44. The van der Waals surface area contributed by atoms with E-state index in [0.29, 0.717) is 22.7 Å². The third-order valence-corrected chi connectivity index (χ3v) is 9.55. The van der Waals surface area contributed by atoms with Crippen LogP contribution in [0.2, 0.25) is 0 Å². The number of amides is 2. The van der Waals surface area contributed by atoms with Crippen molar-refractivity contribution in [3.05, 3.63) is 52.8 Å². The van der Waals surface area contributed by atoms with Crippen LogP contribution in [0.25, 0.3) is 10.9 Å². The third kappa shape index (κ3) is 12.7. The number of rotatable bonds is 22. The predicted molar refractivity (Wildman–Crippen MR) is 190 cm³/mol. The number of hydrogen-bond acceptors (Lipinski definition) is 5. The van der Waals surface area contributed by atoms with Crippen molar-refractivity contribution >= 4 is 52.1 Å². The van der Waals surface area contributed by atoms with Gasteiger partial charge in [-0.3, -0.25) is 14.2 Å². The Morgan fingerprint density at radius 3 is 2.21 bits per heavy atom. The van der Waals surface area contributed by atoms with Gasteiger partial charge in [0, 0.05) is 17.1 Å². The number of hydrogen-bond donors (Lipinski definition) is 3. The second-order valence-electron chi connectivity index (χ2n) is 12.6. The number of anilines is 1. The van der Waals surface area contributed by atoms with Crippen LogP contribution in [0.15, 0.2) is 47.2 Å². The van der Waals surface area contributed by atoms with E-state index in [1.165, 1.54) is 77.0 Å². The molecule has 1 aliphatic rings. The zero-order chi connectivity index (χ0) is 33.6. The number of halogens is 1. The fraction of sp³-hybridized carbons (Fsp3) is 0.571. The van der Waals surface area contributed by atoms with Crippen molar-refractivity contribution in [2.24, 2.45) is 0 Å². The molecule has 1 aliphatic heterocycles. The van der Waals surface area contributed by atoms with E-state index < -0.39 is 20.0 Å². The molecule has 47 heavy (non-hydrogen) atoms. The first-order valence-corrected chi connectivity index (χ1v) is 19.8. The molecule has 1 aromatic carbocycles. The SMILES string of the molecule is CCCCCCCCCCCCCCCCc1cn(CC(=O)N2CC2C(=O)Nc2cccc(Br)n2)c2ccc(OCP(=O)(O)O)cc12. The molecule has 2 aromatic heterocycles. The maximum Gasteiger partial charge on any atom is 0.362 e. The number of benzene rings is 1. The van der Waals surface area contributed by atoms with Crippen molar-refractivity contribution in [2.45, 2.75) is 116 Å². The van der Waals surface area contributed by atoms with Gasteiger partial charge in [-0.15, -0.1) is 0 Å². The summed E-state index contributed by atoms with van der Waals surface area (Å²) in [6.07, 6.45) is 20.2. The van der Waals surface area contributed by atoms with Gasteiger partial charge in [-0.1, -0.05) is 96.5 Å². The Labute approximate surface area is 286 Å². The molecule has 1 atom stereocenters. The van der Waals surface area contributed by atoms with E-state index in [1.807, 2.05) is 16.8 Å². The molecule has 0 spiro atoms. The number of unbranched alkanes of at least 4 members (excludes halogenated alkanes) is 13. The number of nitrogens with one attached hydrogen (secondary N) is 1. The molecule has 1 fully saturated rings. The zero-order valence-electron chi connectivity index (χ0n) is 27.5. The van der Waals surface area contributed by atoms with E-state index in [0.717, 1.165) is 35.7 Å². The third-order valence-electron chi connectivity index (χ3n) is 8.64. The molecule has 10 nitrogen and oxygen atoms in total. The Balaban J connectivity index is 1.27. The monoisotopic (exact) mass is 732 g/mol. The lowest BCUT2D eigenvalue weighted by atomic mass is 10.0. The van der Waals surface area contributed by atoms with Crippen molar-refractivity contribution in [3.8, 4) is 5.75 Å². The number of fused-ring (bicyclic) bond motifs is 1. The Morgan fingerprint density at radius 1 is 0.957 bits per heavy atom. The average Bonchev–Trinajstić information content (AvgIpc) is 3.78. The molecule has 0 radical (unpaired) electrons. The molecule has 1 saturated heterocycles. The highest BCUT2D eigenvalue weighted by Crippen LogP contribution is 2.36. The van der Waals surface area contributed by atoms with Crippen molar-refractivity contribution < 1.29 is 28.7 Å². The molecule has 1 unspecified atom stereocenters. The smallest absolute Gasteiger partial charge is 0.362 e. The van der Waals surface area contributed by atoms with Crippen LogP contribution in [0.4, 0.5) is 5.82 Å². The fourth-order valence-electron chi connectivity index (χ4n) is 6.00. The van der Waals surface area contributed by atoms with Crippen LogP contribution in [0.5, 0.6) is 5.75 Å². The normalized spacial score (nSPS) is 14.5. The minimum Gasteiger partial charge on any atom is -0.481 e. The summed E-state index contributed by atoms with van der Waals surface area (Å²) in [5.74, 6) is 0.363. The van der Waals surface area contributed by atoms with Crippen LogP contribution < -0.4 is 10.1 Å². The number of carbonyl (C=O) groups excluding carboxylic acids is 2. The van der Waals surface area contributed by atoms with Gasteiger partial charge in [0.25, 0.3) is 0 Å². The number of pyridine rings is 1. The summed E-state index contributed by atoms with van der Waals surface area (Å²) < 4.78 is 19.3. The minimum atomic E-state index is -4.32. The number of carbonyl (C=O) groups is 2. The van der Waals surface area contributed by atoms with E-state index in [-0.39, 0.29) is 18.4 Å². The van der Waals surface area contributed by atoms with Gasteiger partial charge in [-0.25, -0.2) is 4.98 Å². The Bertz CT molecular complexity index is 1510. The summed E-state index contributed by atoms with van der Waals surface area (Å²) in [7, 11) is -4.32. The molecule has 258 valence electrons. The summed E-state index contributed by atoms with van der Waals surface area (Å²) in [5.41, 5.74) is 1.90. The lowest BCUT2D eigenvalue weighted by molar-refractivity contribution is -0.129. The Hall–Kier alpha value is -2.72. The zero-order valence-corrected chi connectivity index (χ0v) is 30.0. The molecule has 0 saturated carbocycles. The van der Waals surface area contributed by atoms with E-state index in [9.17, 15) is 23.9 Å². The molecule has 12 heteroatoms. The van der Waals surface area contributed by atoms with Crippen molar-refractivity contribution in [1.82, 2.24) is 14.5 Å². The first kappa shape index (κ1) is 37.1. The predicted octanol–water partition coefficient (Wildman–Crippen LogP) is 8.19. The van der Waals surface area contributed by atoms with E-state index in [1.54, 1.807) is 35.2 Å². The molecule has 0 bridgehead atoms. The van der Waals surface area contributed by atoms with Crippen LogP contribution in [0, 0.1) is 0 Å². The molecule has 0 aliphatic carbocycles. The van der Waals surface area contributed by atoms with E-state index in [2.05, 4.69) is 33.2 Å². The van der Waals surface area contributed by atoms with Gasteiger partial charge < -0.3 is 29.3 Å². The lowest BCUT2D eigenvalue weighted by Crippen LogP contribution is -2.26. The molecule has 2 amide bonds. The summed E-state index contributed by atoms with van der Waals surface area (Å²) in [6, 6.07) is 9.98. The molecular formula is C35H50BrN4O6P.